The molecule has 0 radical (unpaired) electrons. The lowest BCUT2D eigenvalue weighted by atomic mass is 10.0. The number of rotatable bonds is 3. The zero-order chi connectivity index (χ0) is 14.3. The number of hydrogen-bond acceptors (Lipinski definition) is 3. The number of amides is 1. The second-order valence-electron chi connectivity index (χ2n) is 4.92. The molecule has 0 spiro atoms. The van der Waals surface area contributed by atoms with Crippen molar-refractivity contribution in [3.8, 4) is 11.1 Å². The molecule has 0 aliphatic heterocycles. The number of fused-ring (bicyclic) bond motifs is 1. The molecule has 0 saturated carbocycles. The van der Waals surface area contributed by atoms with E-state index in [9.17, 15) is 4.79 Å². The Morgan fingerprint density at radius 3 is 2.85 bits per heavy atom. The lowest BCUT2D eigenvalue weighted by molar-refractivity contribution is -0.117. The van der Waals surface area contributed by atoms with Crippen molar-refractivity contribution in [1.82, 2.24) is 10.1 Å². The molecule has 5 heteroatoms. The van der Waals surface area contributed by atoms with E-state index in [0.717, 1.165) is 39.0 Å². The van der Waals surface area contributed by atoms with Gasteiger partial charge in [0.05, 0.1) is 12.1 Å². The molecule has 3 rings (SSSR count). The zero-order valence-electron chi connectivity index (χ0n) is 11.4. The number of hydrogen-bond donors (Lipinski definition) is 2. The van der Waals surface area contributed by atoms with E-state index in [2.05, 4.69) is 10.1 Å². The number of benzene rings is 1. The summed E-state index contributed by atoms with van der Waals surface area (Å²) in [6.45, 7) is 3.80. The summed E-state index contributed by atoms with van der Waals surface area (Å²) in [5.41, 5.74) is 10.0. The Morgan fingerprint density at radius 1 is 1.40 bits per heavy atom. The SMILES string of the molecule is Cc1noc(C)c1-c1ccc2[nH]cc(CC(N)=O)c2c1. The Hall–Kier alpha value is -2.56. The Balaban J connectivity index is 2.17. The standard InChI is InChI=1S/C15H15N3O2/c1-8-15(9(2)20-18-8)10-3-4-13-12(5-10)11(7-17-13)6-14(16)19/h3-5,7,17H,6H2,1-2H3,(H2,16,19). The lowest BCUT2D eigenvalue weighted by Crippen LogP contribution is -2.13. The minimum absolute atomic E-state index is 0.227. The Kier molecular flexibility index (Phi) is 2.82. The number of nitrogens with two attached hydrogens (primary N) is 1. The van der Waals surface area contributed by atoms with Crippen LogP contribution in [0.25, 0.3) is 22.0 Å². The molecule has 0 unspecified atom stereocenters. The van der Waals surface area contributed by atoms with Crippen LogP contribution in [0.1, 0.15) is 17.0 Å². The van der Waals surface area contributed by atoms with Crippen molar-refractivity contribution in [2.75, 3.05) is 0 Å². The highest BCUT2D eigenvalue weighted by atomic mass is 16.5. The number of primary amides is 1. The third-order valence-corrected chi connectivity index (χ3v) is 3.45. The van der Waals surface area contributed by atoms with Crippen molar-refractivity contribution in [3.05, 3.63) is 41.4 Å². The number of aryl methyl sites for hydroxylation is 2. The number of nitrogens with one attached hydrogen (secondary N) is 1. The van der Waals surface area contributed by atoms with Crippen molar-refractivity contribution in [3.63, 3.8) is 0 Å². The summed E-state index contributed by atoms with van der Waals surface area (Å²) in [5.74, 6) is 0.447. The summed E-state index contributed by atoms with van der Waals surface area (Å²) in [6, 6.07) is 6.04. The van der Waals surface area contributed by atoms with E-state index in [4.69, 9.17) is 10.3 Å². The van der Waals surface area contributed by atoms with Crippen molar-refractivity contribution >= 4 is 16.8 Å². The highest BCUT2D eigenvalue weighted by Crippen LogP contribution is 2.30. The van der Waals surface area contributed by atoms with Crippen LogP contribution >= 0.6 is 0 Å². The summed E-state index contributed by atoms with van der Waals surface area (Å²) >= 11 is 0. The predicted octanol–water partition coefficient (Wildman–Crippen LogP) is 2.47. The van der Waals surface area contributed by atoms with Crippen LogP contribution in [0.15, 0.2) is 28.9 Å². The number of aromatic nitrogens is 2. The van der Waals surface area contributed by atoms with Gasteiger partial charge in [-0.2, -0.15) is 0 Å². The number of aromatic amines is 1. The fraction of sp³-hybridized carbons (Fsp3) is 0.200. The fourth-order valence-corrected chi connectivity index (χ4v) is 2.56. The molecule has 2 heterocycles. The van der Waals surface area contributed by atoms with Crippen LogP contribution < -0.4 is 5.73 Å². The maximum absolute atomic E-state index is 11.1. The van der Waals surface area contributed by atoms with Gasteiger partial charge < -0.3 is 15.2 Å². The molecular weight excluding hydrogens is 254 g/mol. The van der Waals surface area contributed by atoms with Gasteiger partial charge in [-0.15, -0.1) is 0 Å². The van der Waals surface area contributed by atoms with Crippen LogP contribution in [0.5, 0.6) is 0 Å². The molecule has 0 bridgehead atoms. The second-order valence-corrected chi connectivity index (χ2v) is 4.92. The Morgan fingerprint density at radius 2 is 2.20 bits per heavy atom. The van der Waals surface area contributed by atoms with E-state index in [-0.39, 0.29) is 12.3 Å². The number of nitrogens with zero attached hydrogens (tertiary/aromatic N) is 1. The van der Waals surface area contributed by atoms with E-state index in [1.54, 1.807) is 0 Å². The van der Waals surface area contributed by atoms with Crippen molar-refractivity contribution < 1.29 is 9.32 Å². The highest BCUT2D eigenvalue weighted by molar-refractivity contribution is 5.91. The van der Waals surface area contributed by atoms with Gasteiger partial charge in [-0.1, -0.05) is 11.2 Å². The number of carbonyl (C=O) groups excluding carboxylic acids is 1. The molecule has 102 valence electrons. The van der Waals surface area contributed by atoms with Crippen LogP contribution in [0, 0.1) is 13.8 Å². The topological polar surface area (TPSA) is 84.9 Å². The number of carbonyl (C=O) groups is 1. The minimum Gasteiger partial charge on any atom is -0.369 e. The molecule has 0 aliphatic carbocycles. The van der Waals surface area contributed by atoms with Crippen LogP contribution in [0.2, 0.25) is 0 Å². The minimum atomic E-state index is -0.339. The van der Waals surface area contributed by atoms with Crippen LogP contribution in [0.4, 0.5) is 0 Å². The molecule has 0 fully saturated rings. The van der Waals surface area contributed by atoms with Gasteiger partial charge in [0.1, 0.15) is 5.76 Å². The monoisotopic (exact) mass is 269 g/mol. The fourth-order valence-electron chi connectivity index (χ4n) is 2.56. The van der Waals surface area contributed by atoms with E-state index >= 15 is 0 Å². The van der Waals surface area contributed by atoms with Gasteiger partial charge in [0, 0.05) is 22.7 Å². The van der Waals surface area contributed by atoms with E-state index in [0.29, 0.717) is 0 Å². The first-order valence-electron chi connectivity index (χ1n) is 6.38. The lowest BCUT2D eigenvalue weighted by Gasteiger charge is -2.02. The first kappa shape index (κ1) is 12.5. The first-order chi connectivity index (χ1) is 9.56. The molecule has 3 aromatic rings. The molecular formula is C15H15N3O2. The van der Waals surface area contributed by atoms with Gasteiger partial charge in [-0.05, 0) is 37.1 Å². The van der Waals surface area contributed by atoms with Gasteiger partial charge in [-0.25, -0.2) is 0 Å². The summed E-state index contributed by atoms with van der Waals surface area (Å²) in [7, 11) is 0. The summed E-state index contributed by atoms with van der Waals surface area (Å²) < 4.78 is 5.21. The van der Waals surface area contributed by atoms with Gasteiger partial charge in [0.2, 0.25) is 5.91 Å². The van der Waals surface area contributed by atoms with Gasteiger partial charge in [0.15, 0.2) is 0 Å². The first-order valence-corrected chi connectivity index (χ1v) is 6.38. The quantitative estimate of drug-likeness (QED) is 0.766. The molecule has 5 nitrogen and oxygen atoms in total. The third-order valence-electron chi connectivity index (χ3n) is 3.45. The third kappa shape index (κ3) is 1.97. The molecule has 2 aromatic heterocycles. The van der Waals surface area contributed by atoms with E-state index < -0.39 is 0 Å². The predicted molar refractivity (Wildman–Crippen MR) is 76.2 cm³/mol. The Bertz CT molecular complexity index is 779. The average Bonchev–Trinajstić information content (AvgIpc) is 2.93. The van der Waals surface area contributed by atoms with E-state index in [1.807, 2.05) is 38.2 Å². The molecule has 3 N–H and O–H groups in total. The summed E-state index contributed by atoms with van der Waals surface area (Å²) in [5, 5.41) is 4.98. The summed E-state index contributed by atoms with van der Waals surface area (Å²) in [6.07, 6.45) is 2.05. The van der Waals surface area contributed by atoms with E-state index in [1.165, 1.54) is 0 Å². The Labute approximate surface area is 115 Å². The van der Waals surface area contributed by atoms with Crippen molar-refractivity contribution in [2.45, 2.75) is 20.3 Å². The van der Waals surface area contributed by atoms with Crippen LogP contribution in [-0.4, -0.2) is 16.0 Å². The van der Waals surface area contributed by atoms with Crippen molar-refractivity contribution in [1.29, 1.82) is 0 Å². The smallest absolute Gasteiger partial charge is 0.221 e. The number of H-pyrrole nitrogens is 1. The van der Waals surface area contributed by atoms with Gasteiger partial charge in [0.25, 0.3) is 0 Å². The molecule has 0 atom stereocenters. The molecule has 0 aliphatic rings. The maximum atomic E-state index is 11.1. The average molecular weight is 269 g/mol. The van der Waals surface area contributed by atoms with Crippen molar-refractivity contribution in [2.24, 2.45) is 5.73 Å². The van der Waals surface area contributed by atoms with Crippen LogP contribution in [0.3, 0.4) is 0 Å². The zero-order valence-corrected chi connectivity index (χ0v) is 11.4. The normalized spacial score (nSPS) is 11.1. The molecule has 20 heavy (non-hydrogen) atoms. The maximum Gasteiger partial charge on any atom is 0.221 e. The molecule has 1 aromatic carbocycles. The van der Waals surface area contributed by atoms with Gasteiger partial charge >= 0.3 is 0 Å². The molecule has 1 amide bonds. The summed E-state index contributed by atoms with van der Waals surface area (Å²) in [4.78, 5) is 14.3. The molecule has 0 saturated heterocycles. The highest BCUT2D eigenvalue weighted by Gasteiger charge is 2.13. The van der Waals surface area contributed by atoms with Gasteiger partial charge in [-0.3, -0.25) is 4.79 Å². The van der Waals surface area contributed by atoms with Crippen LogP contribution in [-0.2, 0) is 11.2 Å². The second kappa shape index (κ2) is 4.52. The largest absolute Gasteiger partial charge is 0.369 e.